The minimum Gasteiger partial charge on any atom is -0.338 e. The van der Waals surface area contributed by atoms with Crippen molar-refractivity contribution in [3.63, 3.8) is 0 Å². The maximum Gasteiger partial charge on any atom is 0.259 e. The molecule has 2 aliphatic rings. The molecule has 0 bridgehead atoms. The molecule has 1 amide bonds. The first-order valence-electron chi connectivity index (χ1n) is 11.3. The Hall–Kier alpha value is -2.32. The smallest absolute Gasteiger partial charge is 0.259 e. The van der Waals surface area contributed by atoms with Crippen molar-refractivity contribution in [3.05, 3.63) is 63.7 Å². The van der Waals surface area contributed by atoms with Crippen LogP contribution in [-0.4, -0.2) is 49.7 Å². The van der Waals surface area contributed by atoms with Crippen LogP contribution in [0, 0.1) is 44.7 Å². The van der Waals surface area contributed by atoms with Gasteiger partial charge in [0.05, 0.1) is 4.90 Å². The Labute approximate surface area is 194 Å². The normalized spacial score (nSPS) is 18.8. The Balaban J connectivity index is 1.49. The molecule has 0 radical (unpaired) electrons. The van der Waals surface area contributed by atoms with Crippen LogP contribution in [0.15, 0.2) is 29.2 Å². The highest BCUT2D eigenvalue weighted by Gasteiger charge is 2.46. The number of hydrogen-bond acceptors (Lipinski definition) is 3. The molecule has 0 aliphatic carbocycles. The Morgan fingerprint density at radius 1 is 0.909 bits per heavy atom. The maximum atomic E-state index is 14.4. The molecular weight excluding hydrogens is 446 g/mol. The molecule has 2 aromatic rings. The van der Waals surface area contributed by atoms with Gasteiger partial charge in [-0.15, -0.1) is 0 Å². The first-order chi connectivity index (χ1) is 15.4. The first kappa shape index (κ1) is 23.8. The average molecular weight is 477 g/mol. The van der Waals surface area contributed by atoms with Crippen LogP contribution < -0.4 is 0 Å². The number of benzene rings is 2. The van der Waals surface area contributed by atoms with Gasteiger partial charge in [0.2, 0.25) is 10.0 Å². The van der Waals surface area contributed by atoms with Crippen LogP contribution in [0.25, 0.3) is 0 Å². The van der Waals surface area contributed by atoms with Gasteiger partial charge in [0.1, 0.15) is 17.2 Å². The van der Waals surface area contributed by atoms with Crippen LogP contribution in [0.5, 0.6) is 0 Å². The molecule has 0 N–H and O–H groups in total. The fourth-order valence-electron chi connectivity index (χ4n) is 5.41. The summed E-state index contributed by atoms with van der Waals surface area (Å²) in [7, 11) is -3.63. The van der Waals surface area contributed by atoms with Crippen molar-refractivity contribution in [2.24, 2.45) is 5.41 Å². The molecule has 2 heterocycles. The lowest BCUT2D eigenvalue weighted by molar-refractivity contribution is 0.0590. The van der Waals surface area contributed by atoms with Crippen LogP contribution in [0.2, 0.25) is 0 Å². The van der Waals surface area contributed by atoms with Crippen LogP contribution in [0.1, 0.15) is 51.9 Å². The number of carbonyl (C=O) groups excluding carboxylic acids is 1. The maximum absolute atomic E-state index is 14.4. The molecular formula is C25H30F2N2O3S. The van der Waals surface area contributed by atoms with Crippen molar-refractivity contribution >= 4 is 15.9 Å². The SMILES string of the molecule is Cc1cc(C)c(S(=O)(=O)N2CCC3(CCN(C(=O)c4c(F)ccc(C)c4F)CC3)C2)c(C)c1. The molecule has 0 atom stereocenters. The Kier molecular flexibility index (Phi) is 6.12. The van der Waals surface area contributed by atoms with Crippen LogP contribution in [0.3, 0.4) is 0 Å². The lowest BCUT2D eigenvalue weighted by Gasteiger charge is -2.39. The van der Waals surface area contributed by atoms with Crippen molar-refractivity contribution in [2.75, 3.05) is 26.2 Å². The van der Waals surface area contributed by atoms with E-state index >= 15 is 0 Å². The quantitative estimate of drug-likeness (QED) is 0.655. The van der Waals surface area contributed by atoms with E-state index in [1.165, 1.54) is 17.9 Å². The number of likely N-dealkylation sites (tertiary alicyclic amines) is 1. The van der Waals surface area contributed by atoms with Gasteiger partial charge in [-0.3, -0.25) is 4.79 Å². The predicted octanol–water partition coefficient (Wildman–Crippen LogP) is 4.52. The number of hydrogen-bond donors (Lipinski definition) is 0. The summed E-state index contributed by atoms with van der Waals surface area (Å²) in [6.45, 7) is 8.64. The number of amides is 1. The minimum atomic E-state index is -3.63. The van der Waals surface area contributed by atoms with E-state index in [1.807, 2.05) is 32.9 Å². The van der Waals surface area contributed by atoms with E-state index in [0.717, 1.165) is 22.8 Å². The summed E-state index contributed by atoms with van der Waals surface area (Å²) >= 11 is 0. The zero-order chi connectivity index (χ0) is 24.1. The zero-order valence-electron chi connectivity index (χ0n) is 19.5. The van der Waals surface area contributed by atoms with E-state index < -0.39 is 33.1 Å². The summed E-state index contributed by atoms with van der Waals surface area (Å²) in [4.78, 5) is 14.7. The molecule has 0 saturated carbocycles. The van der Waals surface area contributed by atoms with Gasteiger partial charge in [-0.1, -0.05) is 23.8 Å². The Morgan fingerprint density at radius 3 is 2.09 bits per heavy atom. The van der Waals surface area contributed by atoms with Crippen LogP contribution in [0.4, 0.5) is 8.78 Å². The van der Waals surface area contributed by atoms with E-state index in [0.29, 0.717) is 50.3 Å². The van der Waals surface area contributed by atoms with E-state index in [2.05, 4.69) is 0 Å². The van der Waals surface area contributed by atoms with E-state index in [4.69, 9.17) is 0 Å². The third-order valence-electron chi connectivity index (χ3n) is 7.22. The molecule has 0 unspecified atom stereocenters. The van der Waals surface area contributed by atoms with Gasteiger partial charge >= 0.3 is 0 Å². The molecule has 33 heavy (non-hydrogen) atoms. The molecule has 178 valence electrons. The van der Waals surface area contributed by atoms with Gasteiger partial charge in [0, 0.05) is 26.2 Å². The summed E-state index contributed by atoms with van der Waals surface area (Å²) in [5, 5.41) is 0. The first-order valence-corrected chi connectivity index (χ1v) is 12.7. The number of halogens is 2. The lowest BCUT2D eigenvalue weighted by atomic mass is 9.77. The number of rotatable bonds is 3. The lowest BCUT2D eigenvalue weighted by Crippen LogP contribution is -2.45. The third kappa shape index (κ3) is 4.19. The highest BCUT2D eigenvalue weighted by molar-refractivity contribution is 7.89. The molecule has 4 rings (SSSR count). The molecule has 0 aromatic heterocycles. The largest absolute Gasteiger partial charge is 0.338 e. The van der Waals surface area contributed by atoms with Crippen molar-refractivity contribution in [1.29, 1.82) is 0 Å². The molecule has 2 aliphatic heterocycles. The number of nitrogens with zero attached hydrogens (tertiary/aromatic N) is 2. The van der Waals surface area contributed by atoms with Crippen molar-refractivity contribution in [3.8, 4) is 0 Å². The average Bonchev–Trinajstić information content (AvgIpc) is 3.15. The van der Waals surface area contributed by atoms with E-state index in [-0.39, 0.29) is 11.0 Å². The van der Waals surface area contributed by atoms with Crippen molar-refractivity contribution in [2.45, 2.75) is 51.9 Å². The molecule has 2 fully saturated rings. The molecule has 2 saturated heterocycles. The second-order valence-electron chi connectivity index (χ2n) is 9.66. The summed E-state index contributed by atoms with van der Waals surface area (Å²) in [6, 6.07) is 6.21. The third-order valence-corrected chi connectivity index (χ3v) is 9.37. The van der Waals surface area contributed by atoms with Gasteiger partial charge in [-0.25, -0.2) is 17.2 Å². The summed E-state index contributed by atoms with van der Waals surface area (Å²) in [5.74, 6) is -2.32. The Bertz CT molecular complexity index is 1200. The molecule has 5 nitrogen and oxygen atoms in total. The van der Waals surface area contributed by atoms with Crippen molar-refractivity contribution < 1.29 is 22.0 Å². The molecule has 1 spiro atoms. The topological polar surface area (TPSA) is 57.7 Å². The van der Waals surface area contributed by atoms with Crippen LogP contribution in [-0.2, 0) is 10.0 Å². The second kappa shape index (κ2) is 8.47. The zero-order valence-corrected chi connectivity index (χ0v) is 20.4. The summed E-state index contributed by atoms with van der Waals surface area (Å²) in [5.41, 5.74) is 2.02. The summed E-state index contributed by atoms with van der Waals surface area (Å²) < 4.78 is 57.1. The predicted molar refractivity (Wildman–Crippen MR) is 123 cm³/mol. The second-order valence-corrected chi connectivity index (χ2v) is 11.5. The minimum absolute atomic E-state index is 0.222. The van der Waals surface area contributed by atoms with Gasteiger partial charge in [-0.05, 0) is 75.1 Å². The van der Waals surface area contributed by atoms with Gasteiger partial charge in [0.25, 0.3) is 5.91 Å². The van der Waals surface area contributed by atoms with Crippen LogP contribution >= 0.6 is 0 Å². The number of piperidine rings is 1. The number of aryl methyl sites for hydroxylation is 4. The fourth-order valence-corrected chi connectivity index (χ4v) is 7.37. The van der Waals surface area contributed by atoms with Crippen molar-refractivity contribution in [1.82, 2.24) is 9.21 Å². The van der Waals surface area contributed by atoms with E-state index in [1.54, 1.807) is 4.31 Å². The monoisotopic (exact) mass is 476 g/mol. The highest BCUT2D eigenvalue weighted by atomic mass is 32.2. The van der Waals surface area contributed by atoms with Gasteiger partial charge < -0.3 is 4.90 Å². The fraction of sp³-hybridized carbons (Fsp3) is 0.480. The Morgan fingerprint density at radius 2 is 1.48 bits per heavy atom. The number of sulfonamides is 1. The van der Waals surface area contributed by atoms with E-state index in [9.17, 15) is 22.0 Å². The van der Waals surface area contributed by atoms with Gasteiger partial charge in [0.15, 0.2) is 0 Å². The standard InChI is InChI=1S/C25H30F2N2O3S/c1-16-13-18(3)23(19(4)14-16)33(31,32)29-12-9-25(15-29)7-10-28(11-8-25)24(30)21-20(26)6-5-17(2)22(21)27/h5-6,13-14H,7-12,15H2,1-4H3. The molecule has 2 aromatic carbocycles. The summed E-state index contributed by atoms with van der Waals surface area (Å²) in [6.07, 6.45) is 1.92. The van der Waals surface area contributed by atoms with Gasteiger partial charge in [-0.2, -0.15) is 4.31 Å². The molecule has 8 heteroatoms. The number of carbonyl (C=O) groups is 1. The highest BCUT2D eigenvalue weighted by Crippen LogP contribution is 2.43.